The van der Waals surface area contributed by atoms with Gasteiger partial charge in [-0.2, -0.15) is 13.2 Å². The molecular formula is C21H23F3N2O3. The van der Waals surface area contributed by atoms with E-state index in [0.29, 0.717) is 37.1 Å². The van der Waals surface area contributed by atoms with Crippen LogP contribution in [0.3, 0.4) is 0 Å². The quantitative estimate of drug-likeness (QED) is 0.731. The van der Waals surface area contributed by atoms with E-state index in [4.69, 9.17) is 9.84 Å². The van der Waals surface area contributed by atoms with Crippen molar-refractivity contribution >= 4 is 6.09 Å². The smallest absolute Gasteiger partial charge is 0.418 e. The summed E-state index contributed by atoms with van der Waals surface area (Å²) in [5.74, 6) is 0. The summed E-state index contributed by atoms with van der Waals surface area (Å²) in [6.45, 7) is 0.427. The van der Waals surface area contributed by atoms with Crippen molar-refractivity contribution in [3.8, 4) is 0 Å². The van der Waals surface area contributed by atoms with Gasteiger partial charge in [-0.15, -0.1) is 0 Å². The van der Waals surface area contributed by atoms with E-state index < -0.39 is 17.8 Å². The summed E-state index contributed by atoms with van der Waals surface area (Å²) in [6.07, 6.45) is -3.68. The van der Waals surface area contributed by atoms with Crippen LogP contribution in [0.5, 0.6) is 0 Å². The van der Waals surface area contributed by atoms with E-state index in [-0.39, 0.29) is 31.9 Å². The van der Waals surface area contributed by atoms with Gasteiger partial charge in [0.05, 0.1) is 17.8 Å². The number of ether oxygens (including phenoxy) is 1. The summed E-state index contributed by atoms with van der Waals surface area (Å²) >= 11 is 0. The minimum absolute atomic E-state index is 0.00445. The number of nitrogens with zero attached hydrogens (tertiary/aromatic N) is 2. The minimum Gasteiger partial charge on any atom is -0.445 e. The summed E-state index contributed by atoms with van der Waals surface area (Å²) in [5, 5.41) is 8.87. The largest absolute Gasteiger partial charge is 0.445 e. The fourth-order valence-electron chi connectivity index (χ4n) is 3.32. The molecule has 2 heterocycles. The first-order valence-electron chi connectivity index (χ1n) is 9.54. The van der Waals surface area contributed by atoms with E-state index in [9.17, 15) is 18.0 Å². The number of aryl methyl sites for hydroxylation is 1. The Labute approximate surface area is 167 Å². The third-order valence-electron chi connectivity index (χ3n) is 4.84. The number of unbranched alkanes of at least 4 members (excludes halogenated alkanes) is 1. The van der Waals surface area contributed by atoms with Crippen molar-refractivity contribution in [3.05, 3.63) is 64.5 Å². The molecule has 0 aliphatic carbocycles. The van der Waals surface area contributed by atoms with Crippen LogP contribution in [0.1, 0.15) is 40.9 Å². The highest BCUT2D eigenvalue weighted by Crippen LogP contribution is 2.34. The lowest BCUT2D eigenvalue weighted by molar-refractivity contribution is -0.138. The van der Waals surface area contributed by atoms with Crippen molar-refractivity contribution in [1.29, 1.82) is 0 Å². The zero-order valence-corrected chi connectivity index (χ0v) is 15.9. The number of carbonyl (C=O) groups excluding carboxylic acids is 1. The second-order valence-electron chi connectivity index (χ2n) is 6.98. The van der Waals surface area contributed by atoms with Crippen molar-refractivity contribution in [3.63, 3.8) is 0 Å². The fourth-order valence-corrected chi connectivity index (χ4v) is 3.32. The molecule has 0 bridgehead atoms. The van der Waals surface area contributed by atoms with Gasteiger partial charge in [0.1, 0.15) is 6.61 Å². The Kier molecular flexibility index (Phi) is 6.74. The van der Waals surface area contributed by atoms with E-state index in [1.54, 1.807) is 0 Å². The van der Waals surface area contributed by atoms with Crippen LogP contribution in [0.4, 0.5) is 18.0 Å². The van der Waals surface area contributed by atoms with Gasteiger partial charge in [-0.05, 0) is 36.5 Å². The number of carbonyl (C=O) groups is 1. The lowest BCUT2D eigenvalue weighted by Gasteiger charge is -2.29. The van der Waals surface area contributed by atoms with Gasteiger partial charge in [-0.1, -0.05) is 30.3 Å². The van der Waals surface area contributed by atoms with Gasteiger partial charge in [0.25, 0.3) is 0 Å². The van der Waals surface area contributed by atoms with Crippen molar-refractivity contribution in [2.45, 2.75) is 45.0 Å². The third kappa shape index (κ3) is 5.47. The predicted molar refractivity (Wildman–Crippen MR) is 100 cm³/mol. The van der Waals surface area contributed by atoms with Crippen LogP contribution in [-0.2, 0) is 36.9 Å². The number of rotatable bonds is 6. The van der Waals surface area contributed by atoms with Crippen LogP contribution < -0.4 is 0 Å². The van der Waals surface area contributed by atoms with Crippen LogP contribution in [-0.4, -0.2) is 34.2 Å². The first-order chi connectivity index (χ1) is 13.9. The molecular weight excluding hydrogens is 385 g/mol. The monoisotopic (exact) mass is 408 g/mol. The molecule has 0 unspecified atom stereocenters. The van der Waals surface area contributed by atoms with Crippen molar-refractivity contribution < 1.29 is 27.8 Å². The van der Waals surface area contributed by atoms with Crippen molar-refractivity contribution in [1.82, 2.24) is 9.88 Å². The van der Waals surface area contributed by atoms with E-state index in [0.717, 1.165) is 11.6 Å². The summed E-state index contributed by atoms with van der Waals surface area (Å²) in [4.78, 5) is 18.0. The number of amides is 1. The zero-order chi connectivity index (χ0) is 20.9. The summed E-state index contributed by atoms with van der Waals surface area (Å²) < 4.78 is 45.8. The molecule has 5 nitrogen and oxygen atoms in total. The molecule has 0 radical (unpaired) electrons. The highest BCUT2D eigenvalue weighted by molar-refractivity contribution is 5.68. The van der Waals surface area contributed by atoms with Gasteiger partial charge >= 0.3 is 12.3 Å². The van der Waals surface area contributed by atoms with Gasteiger partial charge in [0.15, 0.2) is 0 Å². The average molecular weight is 408 g/mol. The maximum atomic E-state index is 13.5. The standard InChI is InChI=1S/C21H23F3N2O3/c22-21(23,24)17-12-16-13-26(20(28)29-14-15-6-2-1-3-7-15)10-9-18(16)25-19(17)8-4-5-11-27/h1-3,6-7,12,27H,4-5,8-11,13-14H2. The number of hydrogen-bond acceptors (Lipinski definition) is 4. The molecule has 1 aromatic heterocycles. The third-order valence-corrected chi connectivity index (χ3v) is 4.84. The molecule has 8 heteroatoms. The van der Waals surface area contributed by atoms with Crippen molar-refractivity contribution in [2.75, 3.05) is 13.2 Å². The number of aliphatic hydroxyl groups excluding tert-OH is 1. The number of pyridine rings is 1. The van der Waals surface area contributed by atoms with Gasteiger partial charge in [0, 0.05) is 25.3 Å². The van der Waals surface area contributed by atoms with Crippen LogP contribution in [0.15, 0.2) is 36.4 Å². The molecule has 1 aromatic carbocycles. The second kappa shape index (κ2) is 9.26. The summed E-state index contributed by atoms with van der Waals surface area (Å²) in [5.41, 5.74) is 1.06. The molecule has 29 heavy (non-hydrogen) atoms. The van der Waals surface area contributed by atoms with Crippen molar-refractivity contribution in [2.24, 2.45) is 0 Å². The molecule has 1 aliphatic heterocycles. The molecule has 3 rings (SSSR count). The molecule has 1 N–H and O–H groups in total. The molecule has 0 spiro atoms. The van der Waals surface area contributed by atoms with Crippen LogP contribution in [0.25, 0.3) is 0 Å². The van der Waals surface area contributed by atoms with Gasteiger partial charge in [0.2, 0.25) is 0 Å². The Morgan fingerprint density at radius 3 is 2.66 bits per heavy atom. The Balaban J connectivity index is 1.72. The molecule has 0 saturated heterocycles. The second-order valence-corrected chi connectivity index (χ2v) is 6.98. The molecule has 1 aliphatic rings. The van der Waals surface area contributed by atoms with E-state index in [2.05, 4.69) is 4.98 Å². The number of halogens is 3. The number of aromatic nitrogens is 1. The Morgan fingerprint density at radius 1 is 1.21 bits per heavy atom. The van der Waals surface area contributed by atoms with Gasteiger partial charge in [-0.3, -0.25) is 4.98 Å². The number of fused-ring (bicyclic) bond motifs is 1. The number of hydrogen-bond donors (Lipinski definition) is 1. The highest BCUT2D eigenvalue weighted by atomic mass is 19.4. The molecule has 1 amide bonds. The minimum atomic E-state index is -4.52. The van der Waals surface area contributed by atoms with E-state index in [1.807, 2.05) is 30.3 Å². The zero-order valence-electron chi connectivity index (χ0n) is 15.9. The summed E-state index contributed by atoms with van der Waals surface area (Å²) in [7, 11) is 0. The first-order valence-corrected chi connectivity index (χ1v) is 9.54. The van der Waals surface area contributed by atoms with E-state index in [1.165, 1.54) is 4.90 Å². The Bertz CT molecular complexity index is 841. The lowest BCUT2D eigenvalue weighted by atomic mass is 9.99. The Hall–Kier alpha value is -2.61. The first kappa shape index (κ1) is 21.1. The summed E-state index contributed by atoms with van der Waals surface area (Å²) in [6, 6.07) is 10.3. The normalized spacial score (nSPS) is 13.9. The highest BCUT2D eigenvalue weighted by Gasteiger charge is 2.36. The van der Waals surface area contributed by atoms with Gasteiger partial charge < -0.3 is 14.7 Å². The predicted octanol–water partition coefficient (Wildman–Crippen LogP) is 4.11. The fraction of sp³-hybridized carbons (Fsp3) is 0.429. The topological polar surface area (TPSA) is 62.7 Å². The number of aliphatic hydroxyl groups is 1. The SMILES string of the molecule is O=C(OCc1ccccc1)N1CCc2nc(CCCCO)c(C(F)(F)F)cc2C1. The molecule has 0 fully saturated rings. The van der Waals surface area contributed by atoms with E-state index >= 15 is 0 Å². The molecule has 156 valence electrons. The number of benzene rings is 1. The molecule has 0 atom stereocenters. The van der Waals surface area contributed by atoms with Crippen LogP contribution >= 0.6 is 0 Å². The Morgan fingerprint density at radius 2 is 1.97 bits per heavy atom. The van der Waals surface area contributed by atoms with Crippen LogP contribution in [0.2, 0.25) is 0 Å². The molecule has 0 saturated carbocycles. The maximum Gasteiger partial charge on any atom is 0.418 e. The van der Waals surface area contributed by atoms with Gasteiger partial charge in [-0.25, -0.2) is 4.79 Å². The van der Waals surface area contributed by atoms with Crippen LogP contribution in [0, 0.1) is 0 Å². The maximum absolute atomic E-state index is 13.5. The molecule has 2 aromatic rings. The lowest BCUT2D eigenvalue weighted by Crippen LogP contribution is -2.37. The number of alkyl halides is 3. The average Bonchev–Trinajstić information content (AvgIpc) is 2.71.